The summed E-state index contributed by atoms with van der Waals surface area (Å²) in [6, 6.07) is 9.47. The van der Waals surface area contributed by atoms with Gasteiger partial charge in [-0.1, -0.05) is 46.9 Å². The Kier molecular flexibility index (Phi) is 4.50. The van der Waals surface area contributed by atoms with Gasteiger partial charge in [0.05, 0.1) is 11.7 Å². The molecule has 100 valence electrons. The van der Waals surface area contributed by atoms with Crippen LogP contribution < -0.4 is 4.90 Å². The van der Waals surface area contributed by atoms with Crippen LogP contribution in [0.2, 0.25) is 15.3 Å². The van der Waals surface area contributed by atoms with Crippen LogP contribution in [0, 0.1) is 0 Å². The maximum Gasteiger partial charge on any atom is 0.175 e. The molecule has 2 rings (SSSR count). The standard InChI is InChI=1S/C13H12Cl3N3/c1-8(9-4-3-5-10(14)6-9)19(2)11-7-12(15)17-18-13(11)16/h3-8H,1-2H3. The maximum absolute atomic E-state index is 6.05. The lowest BCUT2D eigenvalue weighted by Gasteiger charge is -2.27. The van der Waals surface area contributed by atoms with E-state index < -0.39 is 0 Å². The lowest BCUT2D eigenvalue weighted by Crippen LogP contribution is -2.22. The number of hydrogen-bond donors (Lipinski definition) is 0. The molecule has 0 fully saturated rings. The van der Waals surface area contributed by atoms with E-state index in [9.17, 15) is 0 Å². The Labute approximate surface area is 127 Å². The van der Waals surface area contributed by atoms with Crippen molar-refractivity contribution < 1.29 is 0 Å². The molecular formula is C13H12Cl3N3. The summed E-state index contributed by atoms with van der Waals surface area (Å²) in [6.07, 6.45) is 0. The monoisotopic (exact) mass is 315 g/mol. The Hall–Kier alpha value is -1.03. The molecule has 0 radical (unpaired) electrons. The predicted octanol–water partition coefficient (Wildman–Crippen LogP) is 4.63. The molecule has 6 heteroatoms. The van der Waals surface area contributed by atoms with Crippen molar-refractivity contribution in [1.82, 2.24) is 10.2 Å². The molecule has 0 aliphatic carbocycles. The molecule has 1 heterocycles. The molecule has 0 aliphatic heterocycles. The Morgan fingerprint density at radius 2 is 1.84 bits per heavy atom. The second-order valence-corrected chi connectivity index (χ2v) is 5.37. The quantitative estimate of drug-likeness (QED) is 0.826. The zero-order chi connectivity index (χ0) is 14.0. The van der Waals surface area contributed by atoms with Gasteiger partial charge < -0.3 is 4.90 Å². The summed E-state index contributed by atoms with van der Waals surface area (Å²) in [5.74, 6) is 0. The van der Waals surface area contributed by atoms with Crippen molar-refractivity contribution >= 4 is 40.5 Å². The van der Waals surface area contributed by atoms with Crippen LogP contribution in [-0.4, -0.2) is 17.2 Å². The van der Waals surface area contributed by atoms with Crippen LogP contribution in [0.3, 0.4) is 0 Å². The first kappa shape index (κ1) is 14.4. The van der Waals surface area contributed by atoms with Crippen LogP contribution in [0.1, 0.15) is 18.5 Å². The van der Waals surface area contributed by atoms with E-state index in [4.69, 9.17) is 34.8 Å². The highest BCUT2D eigenvalue weighted by atomic mass is 35.5. The van der Waals surface area contributed by atoms with E-state index in [0.29, 0.717) is 15.3 Å². The minimum Gasteiger partial charge on any atom is -0.365 e. The minimum atomic E-state index is 0.0801. The fraction of sp³-hybridized carbons (Fsp3) is 0.231. The van der Waals surface area contributed by atoms with E-state index in [0.717, 1.165) is 11.3 Å². The highest BCUT2D eigenvalue weighted by Crippen LogP contribution is 2.31. The van der Waals surface area contributed by atoms with Crippen LogP contribution >= 0.6 is 34.8 Å². The summed E-state index contributed by atoms with van der Waals surface area (Å²) in [4.78, 5) is 1.98. The maximum atomic E-state index is 6.05. The SMILES string of the molecule is CC(c1cccc(Cl)c1)N(C)c1cc(Cl)nnc1Cl. The molecule has 2 aromatic rings. The average molecular weight is 317 g/mol. The highest BCUT2D eigenvalue weighted by molar-refractivity contribution is 6.33. The summed E-state index contributed by atoms with van der Waals surface area (Å²) in [5.41, 5.74) is 1.81. The Bertz CT molecular complexity index is 589. The van der Waals surface area contributed by atoms with Gasteiger partial charge in [0, 0.05) is 18.1 Å². The summed E-state index contributed by atoms with van der Waals surface area (Å²) in [6.45, 7) is 2.05. The van der Waals surface area contributed by atoms with Gasteiger partial charge in [0.25, 0.3) is 0 Å². The first-order chi connectivity index (χ1) is 8.99. The number of hydrogen-bond acceptors (Lipinski definition) is 3. The van der Waals surface area contributed by atoms with Gasteiger partial charge >= 0.3 is 0 Å². The van der Waals surface area contributed by atoms with Crippen LogP contribution in [0.15, 0.2) is 30.3 Å². The van der Waals surface area contributed by atoms with Crippen LogP contribution in [0.25, 0.3) is 0 Å². The number of anilines is 1. The highest BCUT2D eigenvalue weighted by Gasteiger charge is 2.16. The molecule has 0 spiro atoms. The van der Waals surface area contributed by atoms with Gasteiger partial charge in [0.2, 0.25) is 0 Å². The van der Waals surface area contributed by atoms with Gasteiger partial charge in [0.15, 0.2) is 10.3 Å². The predicted molar refractivity (Wildman–Crippen MR) is 80.3 cm³/mol. The van der Waals surface area contributed by atoms with Crippen molar-refractivity contribution in [3.8, 4) is 0 Å². The van der Waals surface area contributed by atoms with Gasteiger partial charge in [-0.05, 0) is 24.6 Å². The first-order valence-electron chi connectivity index (χ1n) is 5.66. The van der Waals surface area contributed by atoms with Gasteiger partial charge in [-0.25, -0.2) is 0 Å². The van der Waals surface area contributed by atoms with Crippen LogP contribution in [0.5, 0.6) is 0 Å². The van der Waals surface area contributed by atoms with Gasteiger partial charge in [-0.3, -0.25) is 0 Å². The van der Waals surface area contributed by atoms with Crippen molar-refractivity contribution in [2.75, 3.05) is 11.9 Å². The fourth-order valence-electron chi connectivity index (χ4n) is 1.79. The topological polar surface area (TPSA) is 29.0 Å². The molecule has 0 amide bonds. The minimum absolute atomic E-state index is 0.0801. The molecule has 0 aliphatic rings. The van der Waals surface area contributed by atoms with E-state index >= 15 is 0 Å². The summed E-state index contributed by atoms with van der Waals surface area (Å²) in [7, 11) is 1.92. The van der Waals surface area contributed by atoms with E-state index in [1.165, 1.54) is 0 Å². The number of halogens is 3. The van der Waals surface area contributed by atoms with Crippen molar-refractivity contribution in [1.29, 1.82) is 0 Å². The van der Waals surface area contributed by atoms with Gasteiger partial charge in [-0.15, -0.1) is 10.2 Å². The zero-order valence-electron chi connectivity index (χ0n) is 10.4. The van der Waals surface area contributed by atoms with Crippen molar-refractivity contribution in [3.05, 3.63) is 51.2 Å². The van der Waals surface area contributed by atoms with Crippen LogP contribution in [0.4, 0.5) is 5.69 Å². The normalized spacial score (nSPS) is 12.3. The van der Waals surface area contributed by atoms with Gasteiger partial charge in [-0.2, -0.15) is 0 Å². The number of aromatic nitrogens is 2. The number of benzene rings is 1. The average Bonchev–Trinajstić information content (AvgIpc) is 2.40. The van der Waals surface area contributed by atoms with E-state index in [-0.39, 0.29) is 6.04 Å². The molecule has 0 saturated heterocycles. The van der Waals surface area contributed by atoms with Crippen molar-refractivity contribution in [2.45, 2.75) is 13.0 Å². The summed E-state index contributed by atoms with van der Waals surface area (Å²) >= 11 is 17.9. The lowest BCUT2D eigenvalue weighted by molar-refractivity contribution is 0.736. The fourth-order valence-corrected chi connectivity index (χ4v) is 2.36. The molecule has 1 atom stereocenters. The second kappa shape index (κ2) is 5.95. The number of rotatable bonds is 3. The molecule has 19 heavy (non-hydrogen) atoms. The third-order valence-electron chi connectivity index (χ3n) is 2.99. The Morgan fingerprint density at radius 1 is 1.11 bits per heavy atom. The molecule has 3 nitrogen and oxygen atoms in total. The number of nitrogens with zero attached hydrogens (tertiary/aromatic N) is 3. The smallest absolute Gasteiger partial charge is 0.175 e. The van der Waals surface area contributed by atoms with E-state index in [2.05, 4.69) is 17.1 Å². The van der Waals surface area contributed by atoms with E-state index in [1.807, 2.05) is 36.2 Å². The summed E-state index contributed by atoms with van der Waals surface area (Å²) < 4.78 is 0. The first-order valence-corrected chi connectivity index (χ1v) is 6.79. The Morgan fingerprint density at radius 3 is 2.53 bits per heavy atom. The third kappa shape index (κ3) is 3.30. The molecule has 0 saturated carbocycles. The molecular weight excluding hydrogens is 305 g/mol. The van der Waals surface area contributed by atoms with Crippen molar-refractivity contribution in [2.24, 2.45) is 0 Å². The van der Waals surface area contributed by atoms with Crippen molar-refractivity contribution in [3.63, 3.8) is 0 Å². The lowest BCUT2D eigenvalue weighted by atomic mass is 10.1. The zero-order valence-corrected chi connectivity index (χ0v) is 12.7. The molecule has 0 N–H and O–H groups in total. The molecule has 1 aromatic heterocycles. The van der Waals surface area contributed by atoms with E-state index in [1.54, 1.807) is 6.07 Å². The molecule has 1 unspecified atom stereocenters. The third-order valence-corrected chi connectivity index (χ3v) is 3.68. The van der Waals surface area contributed by atoms with Crippen LogP contribution in [-0.2, 0) is 0 Å². The Balaban J connectivity index is 2.33. The van der Waals surface area contributed by atoms with Gasteiger partial charge in [0.1, 0.15) is 0 Å². The largest absolute Gasteiger partial charge is 0.365 e. The molecule has 1 aromatic carbocycles. The second-order valence-electron chi connectivity index (χ2n) is 4.18. The summed E-state index contributed by atoms with van der Waals surface area (Å²) in [5, 5.41) is 8.85. The molecule has 0 bridgehead atoms.